The summed E-state index contributed by atoms with van der Waals surface area (Å²) in [7, 11) is 0. The summed E-state index contributed by atoms with van der Waals surface area (Å²) in [6.07, 6.45) is 3.57. The van der Waals surface area contributed by atoms with E-state index in [0.717, 1.165) is 17.7 Å². The Labute approximate surface area is 72.7 Å². The van der Waals surface area contributed by atoms with Gasteiger partial charge in [-0.25, -0.2) is 0 Å². The zero-order chi connectivity index (χ0) is 8.72. The molecular formula is C10H15NO. The highest BCUT2D eigenvalue weighted by molar-refractivity contribution is 5.47. The first-order valence-electron chi connectivity index (χ1n) is 4.57. The van der Waals surface area contributed by atoms with Gasteiger partial charge >= 0.3 is 0 Å². The van der Waals surface area contributed by atoms with Crippen LogP contribution in [0.25, 0.3) is 0 Å². The molecule has 66 valence electrons. The van der Waals surface area contributed by atoms with Gasteiger partial charge in [0, 0.05) is 17.5 Å². The van der Waals surface area contributed by atoms with Crippen molar-refractivity contribution >= 4 is 5.88 Å². The number of furan rings is 1. The van der Waals surface area contributed by atoms with Gasteiger partial charge in [-0.05, 0) is 25.7 Å². The third-order valence-electron chi connectivity index (χ3n) is 2.84. The van der Waals surface area contributed by atoms with Crippen LogP contribution >= 0.6 is 0 Å². The molecule has 1 aromatic heterocycles. The summed E-state index contributed by atoms with van der Waals surface area (Å²) in [6.45, 7) is 4.30. The van der Waals surface area contributed by atoms with E-state index < -0.39 is 0 Å². The van der Waals surface area contributed by atoms with Crippen molar-refractivity contribution in [2.45, 2.75) is 39.0 Å². The minimum atomic E-state index is 0.619. The predicted molar refractivity (Wildman–Crippen MR) is 49.2 cm³/mol. The smallest absolute Gasteiger partial charge is 0.193 e. The third-order valence-corrected chi connectivity index (χ3v) is 2.84. The highest BCUT2D eigenvalue weighted by Crippen LogP contribution is 2.37. The molecule has 0 bridgehead atoms. The summed E-state index contributed by atoms with van der Waals surface area (Å²) in [5, 5.41) is 0. The lowest BCUT2D eigenvalue weighted by Crippen LogP contribution is -2.05. The van der Waals surface area contributed by atoms with E-state index in [-0.39, 0.29) is 0 Å². The second-order valence-corrected chi connectivity index (χ2v) is 3.72. The van der Waals surface area contributed by atoms with E-state index in [4.69, 9.17) is 10.2 Å². The fourth-order valence-corrected chi connectivity index (χ4v) is 2.15. The van der Waals surface area contributed by atoms with Gasteiger partial charge in [0.2, 0.25) is 0 Å². The normalized spacial score (nSPS) is 22.3. The topological polar surface area (TPSA) is 39.2 Å². The molecule has 0 amide bonds. The second-order valence-electron chi connectivity index (χ2n) is 3.72. The molecule has 0 radical (unpaired) electrons. The molecule has 0 saturated carbocycles. The van der Waals surface area contributed by atoms with Crippen molar-refractivity contribution < 1.29 is 4.42 Å². The van der Waals surface area contributed by atoms with E-state index >= 15 is 0 Å². The van der Waals surface area contributed by atoms with Crippen molar-refractivity contribution in [3.8, 4) is 0 Å². The molecule has 0 spiro atoms. The number of hydrogen-bond acceptors (Lipinski definition) is 2. The fourth-order valence-electron chi connectivity index (χ4n) is 2.15. The Kier molecular flexibility index (Phi) is 1.63. The molecular weight excluding hydrogens is 150 g/mol. The van der Waals surface area contributed by atoms with Crippen molar-refractivity contribution in [1.82, 2.24) is 0 Å². The number of nitrogen functional groups attached to an aromatic ring is 1. The number of hydrogen-bond donors (Lipinski definition) is 1. The van der Waals surface area contributed by atoms with Crippen LogP contribution in [0.1, 0.15) is 42.6 Å². The van der Waals surface area contributed by atoms with Gasteiger partial charge in [0.25, 0.3) is 0 Å². The van der Waals surface area contributed by atoms with Crippen LogP contribution in [0.2, 0.25) is 0 Å². The van der Waals surface area contributed by atoms with Gasteiger partial charge in [-0.3, -0.25) is 0 Å². The third kappa shape index (κ3) is 0.942. The van der Waals surface area contributed by atoms with Gasteiger partial charge < -0.3 is 10.2 Å². The molecule has 2 heteroatoms. The monoisotopic (exact) mass is 165 g/mol. The average Bonchev–Trinajstić information content (AvgIpc) is 2.29. The molecule has 12 heavy (non-hydrogen) atoms. The van der Waals surface area contributed by atoms with Crippen LogP contribution in [-0.4, -0.2) is 0 Å². The van der Waals surface area contributed by atoms with E-state index in [1.807, 2.05) is 0 Å². The molecule has 2 rings (SSSR count). The molecule has 2 N–H and O–H groups in total. The molecule has 1 aromatic rings. The number of rotatable bonds is 0. The molecule has 0 saturated heterocycles. The molecule has 1 atom stereocenters. The molecule has 0 aromatic carbocycles. The zero-order valence-corrected chi connectivity index (χ0v) is 7.68. The lowest BCUT2D eigenvalue weighted by molar-refractivity contribution is 0.469. The second kappa shape index (κ2) is 2.54. The van der Waals surface area contributed by atoms with Crippen LogP contribution in [0.4, 0.5) is 5.88 Å². The highest BCUT2D eigenvalue weighted by atomic mass is 16.4. The molecule has 1 aliphatic carbocycles. The zero-order valence-electron chi connectivity index (χ0n) is 7.68. The Morgan fingerprint density at radius 3 is 2.92 bits per heavy atom. The number of nitrogens with two attached hydrogens (primary N) is 1. The molecule has 0 fully saturated rings. The van der Waals surface area contributed by atoms with Crippen molar-refractivity contribution in [3.05, 3.63) is 16.9 Å². The van der Waals surface area contributed by atoms with Crippen LogP contribution in [0.3, 0.4) is 0 Å². The number of fused-ring (bicyclic) bond motifs is 1. The Hall–Kier alpha value is -0.920. The van der Waals surface area contributed by atoms with E-state index in [2.05, 4.69) is 13.8 Å². The molecule has 1 unspecified atom stereocenters. The maximum absolute atomic E-state index is 5.72. The average molecular weight is 165 g/mol. The Morgan fingerprint density at radius 1 is 1.50 bits per heavy atom. The molecule has 0 aliphatic heterocycles. The molecule has 1 heterocycles. The summed E-state index contributed by atoms with van der Waals surface area (Å²) in [5.41, 5.74) is 8.25. The van der Waals surface area contributed by atoms with Gasteiger partial charge in [-0.15, -0.1) is 0 Å². The summed E-state index contributed by atoms with van der Waals surface area (Å²) in [4.78, 5) is 0. The van der Waals surface area contributed by atoms with Crippen molar-refractivity contribution in [3.63, 3.8) is 0 Å². The maximum atomic E-state index is 5.72. The number of anilines is 1. The Morgan fingerprint density at radius 2 is 2.25 bits per heavy atom. The quantitative estimate of drug-likeness (QED) is 0.641. The Balaban J connectivity index is 2.54. The lowest BCUT2D eigenvalue weighted by atomic mass is 9.86. The highest BCUT2D eigenvalue weighted by Gasteiger charge is 2.23. The molecule has 2 nitrogen and oxygen atoms in total. The largest absolute Gasteiger partial charge is 0.445 e. The van der Waals surface area contributed by atoms with Gasteiger partial charge in [0.1, 0.15) is 5.76 Å². The van der Waals surface area contributed by atoms with Crippen LogP contribution in [-0.2, 0) is 6.42 Å². The van der Waals surface area contributed by atoms with Gasteiger partial charge in [-0.1, -0.05) is 6.92 Å². The van der Waals surface area contributed by atoms with E-state index in [1.54, 1.807) is 0 Å². The number of aryl methyl sites for hydroxylation is 1. The summed E-state index contributed by atoms with van der Waals surface area (Å²) >= 11 is 0. The fraction of sp³-hybridized carbons (Fsp3) is 0.600. The van der Waals surface area contributed by atoms with E-state index in [0.29, 0.717) is 11.8 Å². The lowest BCUT2D eigenvalue weighted by Gasteiger charge is -2.17. The minimum Gasteiger partial charge on any atom is -0.445 e. The van der Waals surface area contributed by atoms with Crippen molar-refractivity contribution in [2.24, 2.45) is 0 Å². The summed E-state index contributed by atoms with van der Waals surface area (Å²) < 4.78 is 5.48. The van der Waals surface area contributed by atoms with Crippen LogP contribution in [0, 0.1) is 6.92 Å². The van der Waals surface area contributed by atoms with Crippen LogP contribution in [0.15, 0.2) is 4.42 Å². The summed E-state index contributed by atoms with van der Waals surface area (Å²) in [5.74, 6) is 2.38. The first-order valence-corrected chi connectivity index (χ1v) is 4.57. The Bertz CT molecular complexity index is 301. The maximum Gasteiger partial charge on any atom is 0.193 e. The SMILES string of the molecule is Cc1c(N)oc2c1C(C)CCC2. The van der Waals surface area contributed by atoms with Gasteiger partial charge in [0.15, 0.2) is 5.88 Å². The van der Waals surface area contributed by atoms with Crippen molar-refractivity contribution in [2.75, 3.05) is 5.73 Å². The molecule has 1 aliphatic rings. The van der Waals surface area contributed by atoms with Crippen molar-refractivity contribution in [1.29, 1.82) is 0 Å². The standard InChI is InChI=1S/C10H15NO/c1-6-4-3-5-8-9(6)7(2)10(11)12-8/h6H,3-5,11H2,1-2H3. The van der Waals surface area contributed by atoms with Crippen LogP contribution in [0.5, 0.6) is 0 Å². The van der Waals surface area contributed by atoms with E-state index in [9.17, 15) is 0 Å². The minimum absolute atomic E-state index is 0.619. The first-order chi connectivity index (χ1) is 5.70. The van der Waals surface area contributed by atoms with Crippen LogP contribution < -0.4 is 5.73 Å². The van der Waals surface area contributed by atoms with Gasteiger partial charge in [0.05, 0.1) is 0 Å². The first kappa shape index (κ1) is 7.71. The summed E-state index contributed by atoms with van der Waals surface area (Å²) in [6, 6.07) is 0. The van der Waals surface area contributed by atoms with Gasteiger partial charge in [-0.2, -0.15) is 0 Å². The predicted octanol–water partition coefficient (Wildman–Crippen LogP) is 2.61. The van der Waals surface area contributed by atoms with E-state index in [1.165, 1.54) is 18.4 Å².